The number of amides is 1. The molecule has 3 rings (SSSR count). The third-order valence-electron chi connectivity index (χ3n) is 4.76. The average Bonchev–Trinajstić information content (AvgIpc) is 2.89. The molecule has 0 radical (unpaired) electrons. The molecule has 0 heterocycles. The Morgan fingerprint density at radius 2 is 1.63 bits per heavy atom. The minimum Gasteiger partial charge on any atom is -0.494 e. The maximum atomic E-state index is 12.3. The van der Waals surface area contributed by atoms with Crippen LogP contribution in [0.4, 0.5) is 0 Å². The number of methoxy groups -OCH3 is 1. The molecule has 8 heteroatoms. The molecule has 0 saturated carbocycles. The van der Waals surface area contributed by atoms with Crippen LogP contribution in [0.25, 0.3) is 0 Å². The number of rotatable bonds is 12. The number of carbonyl (C=O) groups excluding carboxylic acids is 2. The number of ether oxygens (including phenoxy) is 4. The molecule has 0 bridgehead atoms. The zero-order valence-electron chi connectivity index (χ0n) is 19.7. The van der Waals surface area contributed by atoms with Crippen LogP contribution < -0.4 is 24.4 Å². The van der Waals surface area contributed by atoms with E-state index in [9.17, 15) is 9.59 Å². The third-order valence-corrected chi connectivity index (χ3v) is 4.76. The van der Waals surface area contributed by atoms with Crippen LogP contribution in [0, 0.1) is 0 Å². The summed E-state index contributed by atoms with van der Waals surface area (Å²) in [6.07, 6.45) is 3.52. The van der Waals surface area contributed by atoms with Crippen LogP contribution in [0.15, 0.2) is 77.9 Å². The van der Waals surface area contributed by atoms with Crippen LogP contribution in [0.3, 0.4) is 0 Å². The Morgan fingerprint density at radius 3 is 2.31 bits per heavy atom. The van der Waals surface area contributed by atoms with Crippen molar-refractivity contribution in [3.63, 3.8) is 0 Å². The van der Waals surface area contributed by atoms with Crippen molar-refractivity contribution in [1.29, 1.82) is 0 Å². The quantitative estimate of drug-likeness (QED) is 0.135. The van der Waals surface area contributed by atoms with Gasteiger partial charge in [0, 0.05) is 0 Å². The minimum absolute atomic E-state index is 0.189. The normalized spacial score (nSPS) is 10.6. The molecule has 1 amide bonds. The third kappa shape index (κ3) is 8.19. The summed E-state index contributed by atoms with van der Waals surface area (Å²) >= 11 is 0. The maximum absolute atomic E-state index is 12.3. The van der Waals surface area contributed by atoms with Gasteiger partial charge in [-0.05, 0) is 66.6 Å². The van der Waals surface area contributed by atoms with Crippen molar-refractivity contribution in [2.45, 2.75) is 19.8 Å². The van der Waals surface area contributed by atoms with E-state index in [0.717, 1.165) is 18.6 Å². The van der Waals surface area contributed by atoms with Gasteiger partial charge >= 0.3 is 5.97 Å². The molecule has 0 fully saturated rings. The van der Waals surface area contributed by atoms with Crippen LogP contribution in [-0.2, 0) is 4.79 Å². The lowest BCUT2D eigenvalue weighted by atomic mass is 10.2. The van der Waals surface area contributed by atoms with Gasteiger partial charge < -0.3 is 18.9 Å². The van der Waals surface area contributed by atoms with E-state index in [1.54, 1.807) is 66.7 Å². The lowest BCUT2D eigenvalue weighted by Gasteiger charge is -2.10. The number of nitrogens with one attached hydrogen (secondary N) is 1. The summed E-state index contributed by atoms with van der Waals surface area (Å²) in [7, 11) is 1.47. The largest absolute Gasteiger partial charge is 0.494 e. The highest BCUT2D eigenvalue weighted by atomic mass is 16.6. The fraction of sp³-hybridized carbons (Fsp3) is 0.222. The second-order valence-electron chi connectivity index (χ2n) is 7.42. The van der Waals surface area contributed by atoms with Crippen molar-refractivity contribution < 1.29 is 28.5 Å². The Labute approximate surface area is 204 Å². The van der Waals surface area contributed by atoms with E-state index in [2.05, 4.69) is 17.5 Å². The predicted molar refractivity (Wildman–Crippen MR) is 132 cm³/mol. The number of unbranched alkanes of at least 4 members (excludes halogenated alkanes) is 1. The lowest BCUT2D eigenvalue weighted by Crippen LogP contribution is -2.24. The van der Waals surface area contributed by atoms with Gasteiger partial charge in [-0.1, -0.05) is 31.5 Å². The monoisotopic (exact) mass is 476 g/mol. The molecule has 0 spiro atoms. The number of hydrogen-bond acceptors (Lipinski definition) is 7. The van der Waals surface area contributed by atoms with Crippen LogP contribution in [0.5, 0.6) is 23.0 Å². The second kappa shape index (κ2) is 13.4. The molecule has 182 valence electrons. The van der Waals surface area contributed by atoms with Gasteiger partial charge in [-0.15, -0.1) is 0 Å². The lowest BCUT2D eigenvalue weighted by molar-refractivity contribution is -0.123. The van der Waals surface area contributed by atoms with Crippen molar-refractivity contribution >= 4 is 18.1 Å². The second-order valence-corrected chi connectivity index (χ2v) is 7.42. The number of carbonyl (C=O) groups is 2. The van der Waals surface area contributed by atoms with Crippen LogP contribution in [0.1, 0.15) is 35.7 Å². The molecule has 0 aliphatic rings. The number of hydrogen-bond donors (Lipinski definition) is 1. The first kappa shape index (κ1) is 25.3. The molecule has 0 unspecified atom stereocenters. The average molecular weight is 477 g/mol. The highest BCUT2D eigenvalue weighted by Crippen LogP contribution is 2.28. The molecule has 3 aromatic rings. The van der Waals surface area contributed by atoms with E-state index in [1.807, 2.05) is 6.07 Å². The zero-order chi connectivity index (χ0) is 24.9. The molecule has 8 nitrogen and oxygen atoms in total. The molecule has 0 atom stereocenters. The first-order chi connectivity index (χ1) is 17.1. The van der Waals surface area contributed by atoms with Gasteiger partial charge in [0.2, 0.25) is 0 Å². The van der Waals surface area contributed by atoms with Gasteiger partial charge in [0.25, 0.3) is 5.91 Å². The SMILES string of the molecule is CCCCOc1ccc(OCC(=O)N/N=C\c2ccc(OC(=O)c3ccccc3)c(OC)c2)cc1. The Bertz CT molecular complexity index is 1130. The summed E-state index contributed by atoms with van der Waals surface area (Å²) in [6.45, 7) is 2.59. The Kier molecular flexibility index (Phi) is 9.68. The Balaban J connectivity index is 1.47. The summed E-state index contributed by atoms with van der Waals surface area (Å²) in [4.78, 5) is 24.3. The molecule has 0 aliphatic heterocycles. The van der Waals surface area contributed by atoms with E-state index in [0.29, 0.717) is 29.2 Å². The van der Waals surface area contributed by atoms with Crippen molar-refractivity contribution in [1.82, 2.24) is 5.43 Å². The zero-order valence-corrected chi connectivity index (χ0v) is 19.7. The van der Waals surface area contributed by atoms with E-state index in [-0.39, 0.29) is 12.4 Å². The standard InChI is InChI=1S/C27H28N2O6/c1-3-4-16-33-22-11-13-23(14-12-22)34-19-26(30)29-28-18-20-10-15-24(25(17-20)32-2)35-27(31)21-8-6-5-7-9-21/h5-15,17-18H,3-4,16,19H2,1-2H3,(H,29,30)/b28-18-. The van der Waals surface area contributed by atoms with E-state index in [4.69, 9.17) is 18.9 Å². The molecule has 35 heavy (non-hydrogen) atoms. The van der Waals surface area contributed by atoms with Crippen molar-refractivity contribution in [3.8, 4) is 23.0 Å². The summed E-state index contributed by atoms with van der Waals surface area (Å²) in [6, 6.07) is 20.7. The smallest absolute Gasteiger partial charge is 0.343 e. The van der Waals surface area contributed by atoms with E-state index < -0.39 is 11.9 Å². The topological polar surface area (TPSA) is 95.5 Å². The Morgan fingerprint density at radius 1 is 0.914 bits per heavy atom. The first-order valence-electron chi connectivity index (χ1n) is 11.2. The number of nitrogens with zero attached hydrogens (tertiary/aromatic N) is 1. The van der Waals surface area contributed by atoms with Gasteiger partial charge in [0.1, 0.15) is 11.5 Å². The summed E-state index contributed by atoms with van der Waals surface area (Å²) in [5.41, 5.74) is 3.48. The van der Waals surface area contributed by atoms with Crippen molar-refractivity contribution in [2.75, 3.05) is 20.3 Å². The maximum Gasteiger partial charge on any atom is 0.343 e. The summed E-state index contributed by atoms with van der Waals surface area (Å²) < 4.78 is 21.8. The van der Waals surface area contributed by atoms with Gasteiger partial charge in [-0.25, -0.2) is 10.2 Å². The summed E-state index contributed by atoms with van der Waals surface area (Å²) in [5, 5.41) is 3.94. The van der Waals surface area contributed by atoms with Gasteiger partial charge in [0.15, 0.2) is 18.1 Å². The van der Waals surface area contributed by atoms with Gasteiger partial charge in [0.05, 0.1) is 25.5 Å². The predicted octanol–water partition coefficient (Wildman–Crippen LogP) is 4.62. The van der Waals surface area contributed by atoms with E-state index >= 15 is 0 Å². The van der Waals surface area contributed by atoms with Gasteiger partial charge in [-0.2, -0.15) is 5.10 Å². The number of esters is 1. The molecule has 1 N–H and O–H groups in total. The molecule has 0 aromatic heterocycles. The fourth-order valence-corrected chi connectivity index (χ4v) is 2.91. The number of hydrazone groups is 1. The van der Waals surface area contributed by atoms with Gasteiger partial charge in [-0.3, -0.25) is 4.79 Å². The minimum atomic E-state index is -0.490. The van der Waals surface area contributed by atoms with Crippen LogP contribution in [0.2, 0.25) is 0 Å². The van der Waals surface area contributed by atoms with Crippen LogP contribution in [-0.4, -0.2) is 38.4 Å². The van der Waals surface area contributed by atoms with Crippen molar-refractivity contribution in [3.05, 3.63) is 83.9 Å². The molecular formula is C27H28N2O6. The van der Waals surface area contributed by atoms with Crippen molar-refractivity contribution in [2.24, 2.45) is 5.10 Å². The highest BCUT2D eigenvalue weighted by molar-refractivity contribution is 5.91. The molecule has 0 saturated heterocycles. The highest BCUT2D eigenvalue weighted by Gasteiger charge is 2.12. The molecule has 3 aromatic carbocycles. The Hall–Kier alpha value is -4.33. The van der Waals surface area contributed by atoms with Crippen LogP contribution >= 0.6 is 0 Å². The summed E-state index contributed by atoms with van der Waals surface area (Å²) in [5.74, 6) is 1.04. The first-order valence-corrected chi connectivity index (χ1v) is 11.2. The van der Waals surface area contributed by atoms with E-state index in [1.165, 1.54) is 13.3 Å². The fourth-order valence-electron chi connectivity index (χ4n) is 2.91. The molecular weight excluding hydrogens is 448 g/mol. The molecule has 0 aliphatic carbocycles. The number of benzene rings is 3.